The van der Waals surface area contributed by atoms with E-state index in [1.165, 1.54) is 19.1 Å². The van der Waals surface area contributed by atoms with Crippen LogP contribution in [0.1, 0.15) is 60.8 Å². The van der Waals surface area contributed by atoms with Gasteiger partial charge in [-0.25, -0.2) is 14.4 Å². The average Bonchev–Trinajstić information content (AvgIpc) is 3.51. The standard InChI is InChI=1S/C28H34O10/c1-13(29)34-17-12-16-24(2,3)37-18(30)8-9-25(16,4)15-7-10-26(5)20(14-11-19(31)35-22(14)32)36-23(33)21-28(26,38-21)27(15,17)6/h8-9,11,15-17,20-22,32H,7,10,12H2,1-6H3/t15-,16+,17-,20+,21-,22?,25-,26+,27+,28-/m1/s1. The molecule has 0 aromatic rings. The fourth-order valence-electron chi connectivity index (χ4n) is 9.33. The van der Waals surface area contributed by atoms with Crippen molar-refractivity contribution in [3.8, 4) is 0 Å². The zero-order valence-corrected chi connectivity index (χ0v) is 22.4. The summed E-state index contributed by atoms with van der Waals surface area (Å²) < 4.78 is 29.1. The van der Waals surface area contributed by atoms with Crippen LogP contribution in [0.25, 0.3) is 0 Å². The molecule has 4 heterocycles. The molecule has 0 aromatic heterocycles. The molecule has 206 valence electrons. The Morgan fingerprint density at radius 2 is 1.74 bits per heavy atom. The van der Waals surface area contributed by atoms with Crippen LogP contribution >= 0.6 is 0 Å². The second kappa shape index (κ2) is 7.47. The van der Waals surface area contributed by atoms with Gasteiger partial charge in [-0.15, -0.1) is 0 Å². The molecule has 10 heteroatoms. The first kappa shape index (κ1) is 25.6. The lowest BCUT2D eigenvalue weighted by Gasteiger charge is -2.67. The molecule has 6 aliphatic rings. The Hall–Kier alpha value is -2.72. The van der Waals surface area contributed by atoms with Crippen LogP contribution in [0.4, 0.5) is 0 Å². The van der Waals surface area contributed by atoms with Gasteiger partial charge in [0.25, 0.3) is 0 Å². The molecule has 38 heavy (non-hydrogen) atoms. The number of carbonyl (C=O) groups is 4. The first-order valence-electron chi connectivity index (χ1n) is 13.2. The van der Waals surface area contributed by atoms with Gasteiger partial charge in [0.2, 0.25) is 6.29 Å². The highest BCUT2D eigenvalue weighted by molar-refractivity contribution is 5.87. The molecule has 2 saturated carbocycles. The van der Waals surface area contributed by atoms with Gasteiger partial charge in [-0.2, -0.15) is 0 Å². The normalized spacial score (nSPS) is 50.1. The van der Waals surface area contributed by atoms with Crippen LogP contribution in [-0.4, -0.2) is 64.8 Å². The summed E-state index contributed by atoms with van der Waals surface area (Å²) in [5, 5.41) is 10.5. The molecule has 1 unspecified atom stereocenters. The highest BCUT2D eigenvalue weighted by atomic mass is 16.7. The number of hydrogen-bond acceptors (Lipinski definition) is 10. The van der Waals surface area contributed by atoms with Crippen LogP contribution in [0, 0.1) is 28.1 Å². The summed E-state index contributed by atoms with van der Waals surface area (Å²) in [6.07, 6.45) is 2.06. The number of aliphatic hydroxyl groups excluding tert-OH is 1. The van der Waals surface area contributed by atoms with Gasteiger partial charge in [-0.1, -0.05) is 26.8 Å². The molecule has 0 aromatic carbocycles. The van der Waals surface area contributed by atoms with Gasteiger partial charge >= 0.3 is 23.9 Å². The van der Waals surface area contributed by atoms with Gasteiger partial charge in [0, 0.05) is 41.4 Å². The van der Waals surface area contributed by atoms with Gasteiger partial charge in [0.15, 0.2) is 6.10 Å². The molecule has 4 fully saturated rings. The summed E-state index contributed by atoms with van der Waals surface area (Å²) in [7, 11) is 0. The SMILES string of the molecule is CC(=O)O[C@@H]1C[C@H]2C(C)(C)OC(=O)C=C[C@]2(C)[C@H]2CC[C@@]3(C)[C@H](C4=CC(=O)OC4O)OC(=O)[C@H]4O[C@]43[C@@]21C. The van der Waals surface area contributed by atoms with Gasteiger partial charge in [0.1, 0.15) is 23.4 Å². The number of rotatable bonds is 2. The third-order valence-electron chi connectivity index (χ3n) is 10.8. The molecule has 0 bridgehead atoms. The second-order valence-corrected chi connectivity index (χ2v) is 12.9. The number of epoxide rings is 1. The Labute approximate surface area is 220 Å². The van der Waals surface area contributed by atoms with Crippen molar-refractivity contribution in [1.29, 1.82) is 0 Å². The largest absolute Gasteiger partial charge is 0.462 e. The minimum Gasteiger partial charge on any atom is -0.462 e. The smallest absolute Gasteiger partial charge is 0.339 e. The quantitative estimate of drug-likeness (QED) is 0.321. The highest BCUT2D eigenvalue weighted by Gasteiger charge is 2.88. The van der Waals surface area contributed by atoms with Crippen molar-refractivity contribution >= 4 is 23.9 Å². The maximum absolute atomic E-state index is 13.3. The predicted octanol–water partition coefficient (Wildman–Crippen LogP) is 2.12. The summed E-state index contributed by atoms with van der Waals surface area (Å²) >= 11 is 0. The Bertz CT molecular complexity index is 1220. The van der Waals surface area contributed by atoms with Crippen LogP contribution in [0.2, 0.25) is 0 Å². The predicted molar refractivity (Wildman–Crippen MR) is 128 cm³/mol. The Balaban J connectivity index is 1.54. The van der Waals surface area contributed by atoms with Crippen LogP contribution in [0.15, 0.2) is 23.8 Å². The molecule has 2 saturated heterocycles. The van der Waals surface area contributed by atoms with Crippen molar-refractivity contribution in [2.24, 2.45) is 28.1 Å². The van der Waals surface area contributed by atoms with Crippen molar-refractivity contribution < 1.29 is 48.0 Å². The van der Waals surface area contributed by atoms with Crippen LogP contribution in [0.5, 0.6) is 0 Å². The molecule has 6 rings (SSSR count). The molecule has 0 amide bonds. The number of cyclic esters (lactones) is 3. The van der Waals surface area contributed by atoms with E-state index in [4.69, 9.17) is 23.7 Å². The van der Waals surface area contributed by atoms with Gasteiger partial charge in [-0.3, -0.25) is 4.79 Å². The molecule has 0 radical (unpaired) electrons. The lowest BCUT2D eigenvalue weighted by molar-refractivity contribution is -0.254. The molecule has 10 nitrogen and oxygen atoms in total. The topological polar surface area (TPSA) is 138 Å². The highest BCUT2D eigenvalue weighted by Crippen LogP contribution is 2.78. The van der Waals surface area contributed by atoms with Gasteiger partial charge in [-0.05, 0) is 44.4 Å². The van der Waals surface area contributed by atoms with Crippen LogP contribution in [-0.2, 0) is 42.9 Å². The van der Waals surface area contributed by atoms with E-state index in [1.54, 1.807) is 0 Å². The second-order valence-electron chi connectivity index (χ2n) is 12.9. The van der Waals surface area contributed by atoms with E-state index >= 15 is 0 Å². The number of fused-ring (bicyclic) bond motifs is 3. The summed E-state index contributed by atoms with van der Waals surface area (Å²) in [6.45, 7) is 11.2. The Morgan fingerprint density at radius 3 is 2.37 bits per heavy atom. The van der Waals surface area contributed by atoms with E-state index in [2.05, 4.69) is 6.92 Å². The Kier molecular flexibility index (Phi) is 5.02. The summed E-state index contributed by atoms with van der Waals surface area (Å²) in [5.74, 6) is -2.54. The van der Waals surface area contributed by atoms with Crippen LogP contribution < -0.4 is 0 Å². The van der Waals surface area contributed by atoms with Gasteiger partial charge in [0.05, 0.1) is 0 Å². The van der Waals surface area contributed by atoms with E-state index < -0.39 is 75.9 Å². The molecular formula is C28H34O10. The number of esters is 4. The first-order chi connectivity index (χ1) is 17.6. The number of hydrogen-bond donors (Lipinski definition) is 1. The minimum atomic E-state index is -1.53. The van der Waals surface area contributed by atoms with Crippen molar-refractivity contribution in [3.05, 3.63) is 23.8 Å². The molecular weight excluding hydrogens is 496 g/mol. The monoisotopic (exact) mass is 530 g/mol. The third kappa shape index (κ3) is 2.90. The van der Waals surface area contributed by atoms with E-state index in [-0.39, 0.29) is 17.4 Å². The summed E-state index contributed by atoms with van der Waals surface area (Å²) in [6, 6.07) is 0. The summed E-state index contributed by atoms with van der Waals surface area (Å²) in [5.41, 5.74) is -4.09. The van der Waals surface area contributed by atoms with Gasteiger partial charge < -0.3 is 28.8 Å². The maximum atomic E-state index is 13.3. The minimum absolute atomic E-state index is 0.173. The molecule has 1 N–H and O–H groups in total. The first-order valence-corrected chi connectivity index (χ1v) is 13.2. The van der Waals surface area contributed by atoms with Crippen molar-refractivity contribution in [2.45, 2.75) is 96.6 Å². The lowest BCUT2D eigenvalue weighted by atomic mass is 9.37. The average molecular weight is 531 g/mol. The van der Waals surface area contributed by atoms with E-state index in [9.17, 15) is 24.3 Å². The summed E-state index contributed by atoms with van der Waals surface area (Å²) in [4.78, 5) is 50.4. The van der Waals surface area contributed by atoms with Crippen molar-refractivity contribution in [2.75, 3.05) is 0 Å². The zero-order chi connectivity index (χ0) is 27.6. The molecule has 1 spiro atoms. The fraction of sp³-hybridized carbons (Fsp3) is 0.714. The van der Waals surface area contributed by atoms with E-state index in [1.807, 2.05) is 33.8 Å². The molecule has 4 aliphatic heterocycles. The number of carbonyl (C=O) groups excluding carboxylic acids is 4. The van der Waals surface area contributed by atoms with Crippen LogP contribution in [0.3, 0.4) is 0 Å². The number of ether oxygens (including phenoxy) is 5. The molecule has 2 aliphatic carbocycles. The van der Waals surface area contributed by atoms with E-state index in [0.717, 1.165) is 0 Å². The fourth-order valence-corrected chi connectivity index (χ4v) is 9.33. The number of aliphatic hydroxyl groups is 1. The lowest BCUT2D eigenvalue weighted by Crippen LogP contribution is -2.74. The van der Waals surface area contributed by atoms with Crippen molar-refractivity contribution in [1.82, 2.24) is 0 Å². The zero-order valence-electron chi connectivity index (χ0n) is 22.4. The number of allylic oxidation sites excluding steroid dienone is 1. The third-order valence-corrected chi connectivity index (χ3v) is 10.8. The molecule has 10 atom stereocenters. The van der Waals surface area contributed by atoms with E-state index in [0.29, 0.717) is 19.3 Å². The maximum Gasteiger partial charge on any atom is 0.339 e. The van der Waals surface area contributed by atoms with Crippen molar-refractivity contribution in [3.63, 3.8) is 0 Å². The Morgan fingerprint density at radius 1 is 1.03 bits per heavy atom.